The van der Waals surface area contributed by atoms with Crippen LogP contribution in [0.15, 0.2) is 16.8 Å². The van der Waals surface area contributed by atoms with Gasteiger partial charge in [0.2, 0.25) is 0 Å². The summed E-state index contributed by atoms with van der Waals surface area (Å²) in [6.07, 6.45) is 2.72. The zero-order chi connectivity index (χ0) is 9.80. The monoisotopic (exact) mass is 227 g/mol. The topological polar surface area (TPSA) is 12.0 Å². The highest BCUT2D eigenvalue weighted by atomic mass is 32.2. The average Bonchev–Trinajstić information content (AvgIpc) is 2.69. The predicted molar refractivity (Wildman–Crippen MR) is 66.1 cm³/mol. The molecule has 1 aliphatic rings. The fourth-order valence-electron chi connectivity index (χ4n) is 1.83. The lowest BCUT2D eigenvalue weighted by Gasteiger charge is -2.29. The van der Waals surface area contributed by atoms with Crippen LogP contribution in [0.1, 0.15) is 25.3 Å². The Morgan fingerprint density at radius 3 is 3.21 bits per heavy atom. The van der Waals surface area contributed by atoms with Crippen LogP contribution >= 0.6 is 23.1 Å². The number of thioether (sulfide) groups is 1. The van der Waals surface area contributed by atoms with E-state index in [0.29, 0.717) is 6.04 Å². The lowest BCUT2D eigenvalue weighted by atomic mass is 10.1. The summed E-state index contributed by atoms with van der Waals surface area (Å²) in [6.45, 7) is 3.38. The van der Waals surface area contributed by atoms with Gasteiger partial charge in [-0.25, -0.2) is 0 Å². The summed E-state index contributed by atoms with van der Waals surface area (Å²) >= 11 is 3.89. The van der Waals surface area contributed by atoms with E-state index in [1.807, 2.05) is 0 Å². The van der Waals surface area contributed by atoms with E-state index >= 15 is 0 Å². The van der Waals surface area contributed by atoms with Crippen molar-refractivity contribution in [3.05, 3.63) is 22.4 Å². The Morgan fingerprint density at radius 1 is 1.57 bits per heavy atom. The van der Waals surface area contributed by atoms with Gasteiger partial charge in [-0.05, 0) is 41.0 Å². The average molecular weight is 227 g/mol. The van der Waals surface area contributed by atoms with Crippen LogP contribution < -0.4 is 5.32 Å². The van der Waals surface area contributed by atoms with E-state index in [4.69, 9.17) is 0 Å². The van der Waals surface area contributed by atoms with Crippen molar-refractivity contribution in [2.24, 2.45) is 0 Å². The minimum Gasteiger partial charge on any atom is -0.309 e. The molecule has 0 bridgehead atoms. The smallest absolute Gasteiger partial charge is 0.0216 e. The molecule has 1 aliphatic heterocycles. The molecule has 2 atom stereocenters. The molecule has 0 amide bonds. The minimum atomic E-state index is 0.716. The third-order valence-electron chi connectivity index (χ3n) is 2.76. The summed E-state index contributed by atoms with van der Waals surface area (Å²) in [4.78, 5) is 0. The van der Waals surface area contributed by atoms with Gasteiger partial charge in [-0.1, -0.05) is 6.92 Å². The van der Waals surface area contributed by atoms with Crippen LogP contribution in [-0.2, 0) is 6.54 Å². The van der Waals surface area contributed by atoms with Crippen molar-refractivity contribution in [3.63, 3.8) is 0 Å². The van der Waals surface area contributed by atoms with Crippen LogP contribution in [0.5, 0.6) is 0 Å². The van der Waals surface area contributed by atoms with Crippen molar-refractivity contribution < 1.29 is 0 Å². The molecule has 1 fully saturated rings. The van der Waals surface area contributed by atoms with Crippen LogP contribution in [0, 0.1) is 0 Å². The number of rotatable bonds is 3. The molecule has 14 heavy (non-hydrogen) atoms. The molecule has 78 valence electrons. The van der Waals surface area contributed by atoms with Crippen molar-refractivity contribution in [2.45, 2.75) is 37.6 Å². The Bertz CT molecular complexity index is 258. The molecule has 0 aliphatic carbocycles. The SMILES string of the molecule is CC1SCCCC1NCc1ccsc1. The van der Waals surface area contributed by atoms with Gasteiger partial charge in [0, 0.05) is 17.8 Å². The summed E-state index contributed by atoms with van der Waals surface area (Å²) in [5, 5.41) is 8.82. The van der Waals surface area contributed by atoms with Gasteiger partial charge in [-0.3, -0.25) is 0 Å². The molecule has 1 aromatic rings. The minimum absolute atomic E-state index is 0.716. The molecule has 2 unspecified atom stereocenters. The Hall–Kier alpha value is 0.01000. The molecule has 3 heteroatoms. The van der Waals surface area contributed by atoms with E-state index in [9.17, 15) is 0 Å². The summed E-state index contributed by atoms with van der Waals surface area (Å²) in [6, 6.07) is 2.92. The van der Waals surface area contributed by atoms with Gasteiger partial charge in [0.15, 0.2) is 0 Å². The highest BCUT2D eigenvalue weighted by Crippen LogP contribution is 2.25. The first-order valence-electron chi connectivity index (χ1n) is 5.22. The van der Waals surface area contributed by atoms with E-state index in [2.05, 4.69) is 40.8 Å². The zero-order valence-corrected chi connectivity index (χ0v) is 10.2. The standard InChI is InChI=1S/C11H17NS2/c1-9-11(3-2-5-14-9)12-7-10-4-6-13-8-10/h4,6,8-9,11-12H,2-3,5,7H2,1H3. The van der Waals surface area contributed by atoms with Crippen LogP contribution in [-0.4, -0.2) is 17.0 Å². The highest BCUT2D eigenvalue weighted by molar-refractivity contribution is 7.99. The molecular formula is C11H17NS2. The molecule has 1 aromatic heterocycles. The number of nitrogens with one attached hydrogen (secondary N) is 1. The molecule has 2 heterocycles. The predicted octanol–water partition coefficient (Wildman–Crippen LogP) is 3.12. The maximum Gasteiger partial charge on any atom is 0.0216 e. The van der Waals surface area contributed by atoms with Gasteiger partial charge < -0.3 is 5.32 Å². The van der Waals surface area contributed by atoms with Gasteiger partial charge in [0.25, 0.3) is 0 Å². The molecular weight excluding hydrogens is 210 g/mol. The number of hydrogen-bond donors (Lipinski definition) is 1. The van der Waals surface area contributed by atoms with Crippen molar-refractivity contribution in [3.8, 4) is 0 Å². The van der Waals surface area contributed by atoms with E-state index in [0.717, 1.165) is 11.8 Å². The zero-order valence-electron chi connectivity index (χ0n) is 8.53. The van der Waals surface area contributed by atoms with Crippen LogP contribution in [0.25, 0.3) is 0 Å². The molecule has 1 nitrogen and oxygen atoms in total. The van der Waals surface area contributed by atoms with Crippen LogP contribution in [0.3, 0.4) is 0 Å². The largest absolute Gasteiger partial charge is 0.309 e. The van der Waals surface area contributed by atoms with Crippen molar-refractivity contribution >= 4 is 23.1 Å². The third kappa shape index (κ3) is 2.75. The van der Waals surface area contributed by atoms with Crippen molar-refractivity contribution in [1.29, 1.82) is 0 Å². The summed E-state index contributed by atoms with van der Waals surface area (Å²) in [5.41, 5.74) is 1.43. The highest BCUT2D eigenvalue weighted by Gasteiger charge is 2.20. The number of hydrogen-bond acceptors (Lipinski definition) is 3. The molecule has 1 N–H and O–H groups in total. The normalized spacial score (nSPS) is 27.8. The number of thiophene rings is 1. The van der Waals surface area contributed by atoms with E-state index < -0.39 is 0 Å². The third-order valence-corrected chi connectivity index (χ3v) is 4.87. The Balaban J connectivity index is 1.79. The Morgan fingerprint density at radius 2 is 2.50 bits per heavy atom. The summed E-state index contributed by atoms with van der Waals surface area (Å²) < 4.78 is 0. The Labute approximate surface area is 94.3 Å². The van der Waals surface area contributed by atoms with Gasteiger partial charge in [-0.2, -0.15) is 23.1 Å². The first-order valence-corrected chi connectivity index (χ1v) is 7.21. The molecule has 0 aromatic carbocycles. The summed E-state index contributed by atoms with van der Waals surface area (Å²) in [7, 11) is 0. The van der Waals surface area contributed by atoms with E-state index in [1.165, 1.54) is 24.2 Å². The van der Waals surface area contributed by atoms with Crippen molar-refractivity contribution in [2.75, 3.05) is 5.75 Å². The molecule has 0 saturated carbocycles. The lowest BCUT2D eigenvalue weighted by Crippen LogP contribution is -2.38. The second-order valence-corrected chi connectivity index (χ2v) is 6.10. The van der Waals surface area contributed by atoms with Crippen LogP contribution in [0.2, 0.25) is 0 Å². The van der Waals surface area contributed by atoms with E-state index in [1.54, 1.807) is 11.3 Å². The van der Waals surface area contributed by atoms with Crippen molar-refractivity contribution in [1.82, 2.24) is 5.32 Å². The maximum absolute atomic E-state index is 3.66. The van der Waals surface area contributed by atoms with Gasteiger partial charge in [-0.15, -0.1) is 0 Å². The fourth-order valence-corrected chi connectivity index (χ4v) is 3.67. The van der Waals surface area contributed by atoms with E-state index in [-0.39, 0.29) is 0 Å². The summed E-state index contributed by atoms with van der Waals surface area (Å²) in [5.74, 6) is 1.35. The second-order valence-electron chi connectivity index (χ2n) is 3.84. The first-order chi connectivity index (χ1) is 6.86. The molecule has 1 saturated heterocycles. The molecule has 2 rings (SSSR count). The van der Waals surface area contributed by atoms with Gasteiger partial charge in [0.05, 0.1) is 0 Å². The quantitative estimate of drug-likeness (QED) is 0.851. The second kappa shape index (κ2) is 5.19. The first kappa shape index (κ1) is 10.5. The molecule has 0 spiro atoms. The lowest BCUT2D eigenvalue weighted by molar-refractivity contribution is 0.462. The van der Waals surface area contributed by atoms with Gasteiger partial charge in [0.1, 0.15) is 0 Å². The van der Waals surface area contributed by atoms with Gasteiger partial charge >= 0.3 is 0 Å². The van der Waals surface area contributed by atoms with Crippen LogP contribution in [0.4, 0.5) is 0 Å². The fraction of sp³-hybridized carbons (Fsp3) is 0.636. The molecule has 0 radical (unpaired) electrons. The maximum atomic E-state index is 3.66. The Kier molecular flexibility index (Phi) is 3.90.